The molecule has 0 radical (unpaired) electrons. The molecule has 0 bridgehead atoms. The van der Waals surface area contributed by atoms with E-state index in [1.165, 1.54) is 27.7 Å². The number of aromatic nitrogens is 3. The van der Waals surface area contributed by atoms with Crippen molar-refractivity contribution >= 4 is 0 Å². The largest absolute Gasteiger partial charge is 0.496 e. The van der Waals surface area contributed by atoms with Crippen LogP contribution in [0.4, 0.5) is 8.78 Å². The highest BCUT2D eigenvalue weighted by Gasteiger charge is 2.21. The fraction of sp³-hybridized carbons (Fsp3) is 0.263. The zero-order valence-corrected chi connectivity index (χ0v) is 15.2. The van der Waals surface area contributed by atoms with Crippen LogP contribution in [0.25, 0.3) is 5.69 Å². The van der Waals surface area contributed by atoms with Crippen LogP contribution >= 0.6 is 0 Å². The van der Waals surface area contributed by atoms with Gasteiger partial charge in [-0.15, -0.1) is 0 Å². The van der Waals surface area contributed by atoms with Crippen molar-refractivity contribution in [2.45, 2.75) is 12.5 Å². The fourth-order valence-corrected chi connectivity index (χ4v) is 3.37. The number of methoxy groups -OCH3 is 1. The van der Waals surface area contributed by atoms with Crippen LogP contribution in [0.5, 0.6) is 5.75 Å². The van der Waals surface area contributed by atoms with Gasteiger partial charge in [0.1, 0.15) is 23.7 Å². The highest BCUT2D eigenvalue weighted by molar-refractivity contribution is 5.46. The van der Waals surface area contributed by atoms with Gasteiger partial charge in [0, 0.05) is 31.1 Å². The first-order valence-corrected chi connectivity index (χ1v) is 8.78. The molecule has 2 heterocycles. The zero-order valence-electron chi connectivity index (χ0n) is 15.2. The second-order valence-corrected chi connectivity index (χ2v) is 6.62. The summed E-state index contributed by atoms with van der Waals surface area (Å²) in [6.07, 6.45) is 1.34. The number of nitrogens with one attached hydrogen (secondary N) is 2. The Labute approximate surface area is 159 Å². The Hall–Kier alpha value is -3.04. The summed E-state index contributed by atoms with van der Waals surface area (Å²) in [5.74, 6) is -0.443. The first-order valence-electron chi connectivity index (χ1n) is 8.78. The average Bonchev–Trinajstić information content (AvgIpc) is 3.31. The van der Waals surface area contributed by atoms with E-state index < -0.39 is 17.3 Å². The molecule has 9 heteroatoms. The standard InChI is InChI=1S/C19H19F2N5O2/c1-28-18-7-16(2-3-17(18)13-8-22-23-9-13)26-19(27)25(11-24-26)10-12-4-14(20)6-15(21)5-12/h2-7,11,13,22-23H,8-10H2,1H3. The molecule has 0 saturated carbocycles. The first-order chi connectivity index (χ1) is 13.5. The zero-order chi connectivity index (χ0) is 19.7. The van der Waals surface area contributed by atoms with Gasteiger partial charge in [0.15, 0.2) is 0 Å². The third kappa shape index (κ3) is 3.54. The van der Waals surface area contributed by atoms with Crippen molar-refractivity contribution in [3.05, 3.63) is 76.0 Å². The molecule has 146 valence electrons. The van der Waals surface area contributed by atoms with Gasteiger partial charge in [0.25, 0.3) is 0 Å². The highest BCUT2D eigenvalue weighted by Crippen LogP contribution is 2.29. The molecule has 1 aliphatic heterocycles. The van der Waals surface area contributed by atoms with Crippen molar-refractivity contribution in [1.82, 2.24) is 25.2 Å². The number of hydrogen-bond acceptors (Lipinski definition) is 5. The van der Waals surface area contributed by atoms with Gasteiger partial charge in [0.2, 0.25) is 0 Å². The van der Waals surface area contributed by atoms with Crippen molar-refractivity contribution in [3.63, 3.8) is 0 Å². The molecule has 28 heavy (non-hydrogen) atoms. The van der Waals surface area contributed by atoms with Crippen LogP contribution in [0.15, 0.2) is 47.5 Å². The van der Waals surface area contributed by atoms with Gasteiger partial charge in [-0.1, -0.05) is 6.07 Å². The predicted molar refractivity (Wildman–Crippen MR) is 98.6 cm³/mol. The van der Waals surface area contributed by atoms with Gasteiger partial charge in [-0.05, 0) is 29.3 Å². The van der Waals surface area contributed by atoms with Crippen LogP contribution in [0.2, 0.25) is 0 Å². The Kier molecular flexibility index (Phi) is 4.93. The summed E-state index contributed by atoms with van der Waals surface area (Å²) >= 11 is 0. The number of hydrazine groups is 1. The third-order valence-corrected chi connectivity index (χ3v) is 4.73. The van der Waals surface area contributed by atoms with E-state index in [0.717, 1.165) is 24.7 Å². The van der Waals surface area contributed by atoms with E-state index in [2.05, 4.69) is 16.0 Å². The van der Waals surface area contributed by atoms with E-state index >= 15 is 0 Å². The van der Waals surface area contributed by atoms with E-state index in [1.807, 2.05) is 6.07 Å². The van der Waals surface area contributed by atoms with E-state index in [-0.39, 0.29) is 12.5 Å². The van der Waals surface area contributed by atoms with E-state index in [9.17, 15) is 13.6 Å². The molecule has 3 aromatic rings. The molecule has 1 aromatic heterocycles. The van der Waals surface area contributed by atoms with Crippen LogP contribution in [-0.2, 0) is 6.54 Å². The minimum Gasteiger partial charge on any atom is -0.496 e. The van der Waals surface area contributed by atoms with Crippen molar-refractivity contribution in [1.29, 1.82) is 0 Å². The normalized spacial score (nSPS) is 14.5. The lowest BCUT2D eigenvalue weighted by molar-refractivity contribution is 0.406. The Balaban J connectivity index is 1.64. The van der Waals surface area contributed by atoms with Gasteiger partial charge < -0.3 is 4.74 Å². The molecule has 2 aromatic carbocycles. The van der Waals surface area contributed by atoms with Gasteiger partial charge >= 0.3 is 5.69 Å². The van der Waals surface area contributed by atoms with Crippen molar-refractivity contribution in [2.24, 2.45) is 0 Å². The molecule has 0 amide bonds. The Morgan fingerprint density at radius 1 is 1.14 bits per heavy atom. The van der Waals surface area contributed by atoms with Crippen molar-refractivity contribution in [2.75, 3.05) is 20.2 Å². The lowest BCUT2D eigenvalue weighted by atomic mass is 9.99. The summed E-state index contributed by atoms with van der Waals surface area (Å²) in [6, 6.07) is 8.65. The maximum atomic E-state index is 13.4. The third-order valence-electron chi connectivity index (χ3n) is 4.73. The Morgan fingerprint density at radius 3 is 2.54 bits per heavy atom. The Morgan fingerprint density at radius 2 is 1.86 bits per heavy atom. The monoisotopic (exact) mass is 387 g/mol. The molecule has 4 rings (SSSR count). The molecule has 1 fully saturated rings. The second-order valence-electron chi connectivity index (χ2n) is 6.62. The lowest BCUT2D eigenvalue weighted by Crippen LogP contribution is -2.24. The molecule has 2 N–H and O–H groups in total. The number of hydrogen-bond donors (Lipinski definition) is 2. The van der Waals surface area contributed by atoms with Crippen LogP contribution in [0, 0.1) is 11.6 Å². The highest BCUT2D eigenvalue weighted by atomic mass is 19.1. The summed E-state index contributed by atoms with van der Waals surface area (Å²) in [4.78, 5) is 12.7. The molecule has 0 aliphatic carbocycles. The molecule has 1 saturated heterocycles. The molecule has 1 aliphatic rings. The van der Waals surface area contributed by atoms with Crippen LogP contribution in [0.3, 0.4) is 0 Å². The van der Waals surface area contributed by atoms with Crippen LogP contribution in [-0.4, -0.2) is 34.5 Å². The average molecular weight is 387 g/mol. The lowest BCUT2D eigenvalue weighted by Gasteiger charge is -2.14. The van der Waals surface area contributed by atoms with E-state index in [0.29, 0.717) is 17.0 Å². The van der Waals surface area contributed by atoms with Crippen molar-refractivity contribution in [3.8, 4) is 11.4 Å². The van der Waals surface area contributed by atoms with Crippen LogP contribution < -0.4 is 21.3 Å². The summed E-state index contributed by atoms with van der Waals surface area (Å²) in [6.45, 7) is 1.59. The summed E-state index contributed by atoms with van der Waals surface area (Å²) in [7, 11) is 1.58. The number of benzene rings is 2. The number of nitrogens with zero attached hydrogens (tertiary/aromatic N) is 3. The topological polar surface area (TPSA) is 73.1 Å². The second kappa shape index (κ2) is 7.53. The maximum absolute atomic E-state index is 13.4. The smallest absolute Gasteiger partial charge is 0.350 e. The SMILES string of the molecule is COc1cc(-n2ncn(Cc3cc(F)cc(F)c3)c2=O)ccc1C1CNNC1. The summed E-state index contributed by atoms with van der Waals surface area (Å²) in [5, 5.41) is 4.13. The molecular formula is C19H19F2N5O2. The van der Waals surface area contributed by atoms with E-state index in [1.54, 1.807) is 19.2 Å². The molecule has 7 nitrogen and oxygen atoms in total. The Bertz CT molecular complexity index is 1040. The summed E-state index contributed by atoms with van der Waals surface area (Å²) in [5.41, 5.74) is 7.68. The quantitative estimate of drug-likeness (QED) is 0.695. The first kappa shape index (κ1) is 18.3. The molecule has 0 spiro atoms. The van der Waals surface area contributed by atoms with Crippen LogP contribution in [0.1, 0.15) is 17.0 Å². The minimum atomic E-state index is -0.688. The minimum absolute atomic E-state index is 0.0160. The predicted octanol–water partition coefficient (Wildman–Crippen LogP) is 1.56. The number of rotatable bonds is 5. The van der Waals surface area contributed by atoms with Gasteiger partial charge in [-0.3, -0.25) is 15.4 Å². The van der Waals surface area contributed by atoms with Crippen molar-refractivity contribution < 1.29 is 13.5 Å². The fourth-order valence-electron chi connectivity index (χ4n) is 3.37. The van der Waals surface area contributed by atoms with Gasteiger partial charge in [0.05, 0.1) is 19.3 Å². The van der Waals surface area contributed by atoms with Gasteiger partial charge in [-0.2, -0.15) is 9.78 Å². The molecule has 0 unspecified atom stereocenters. The molecular weight excluding hydrogens is 368 g/mol. The van der Waals surface area contributed by atoms with Gasteiger partial charge in [-0.25, -0.2) is 13.6 Å². The number of halogens is 2. The molecule has 0 atom stereocenters. The maximum Gasteiger partial charge on any atom is 0.350 e. The number of ether oxygens (including phenoxy) is 1. The van der Waals surface area contributed by atoms with E-state index in [4.69, 9.17) is 4.74 Å². The summed E-state index contributed by atoms with van der Waals surface area (Å²) < 4.78 is 34.8.